The van der Waals surface area contributed by atoms with Crippen LogP contribution < -0.4 is 10.6 Å². The van der Waals surface area contributed by atoms with Crippen LogP contribution in [-0.4, -0.2) is 25.0 Å². The zero-order valence-electron chi connectivity index (χ0n) is 9.96. The summed E-state index contributed by atoms with van der Waals surface area (Å²) >= 11 is 0. The van der Waals surface area contributed by atoms with E-state index < -0.39 is 0 Å². The van der Waals surface area contributed by atoms with Gasteiger partial charge in [0.1, 0.15) is 0 Å². The quantitative estimate of drug-likeness (QED) is 0.665. The number of hydrogen-bond donors (Lipinski definition) is 2. The normalized spacial score (nSPS) is 18.0. The molecule has 1 aliphatic rings. The van der Waals surface area contributed by atoms with E-state index in [-0.39, 0.29) is 5.91 Å². The average molecular weight is 223 g/mol. The maximum absolute atomic E-state index is 11.4. The van der Waals surface area contributed by atoms with E-state index in [1.165, 1.54) is 25.7 Å². The number of nitrogens with one attached hydrogen (secondary N) is 2. The van der Waals surface area contributed by atoms with Crippen molar-refractivity contribution in [3.05, 3.63) is 0 Å². The Labute approximate surface area is 97.4 Å². The second-order valence-corrected chi connectivity index (χ2v) is 4.47. The lowest BCUT2D eigenvalue weighted by Crippen LogP contribution is -2.40. The Morgan fingerprint density at radius 3 is 2.81 bits per heavy atom. The Bertz CT molecular complexity index is 253. The van der Waals surface area contributed by atoms with Crippen LogP contribution in [0.2, 0.25) is 0 Å². The molecule has 1 atom stereocenters. The molecule has 1 amide bonds. The molecule has 4 nitrogen and oxygen atoms in total. The average Bonchev–Trinajstić information content (AvgIpc) is 2.79. The van der Waals surface area contributed by atoms with Crippen molar-refractivity contribution in [3.8, 4) is 6.07 Å². The Morgan fingerprint density at radius 1 is 1.50 bits per heavy atom. The van der Waals surface area contributed by atoms with Gasteiger partial charge in [0.15, 0.2) is 0 Å². The summed E-state index contributed by atoms with van der Waals surface area (Å²) < 4.78 is 0. The molecule has 16 heavy (non-hydrogen) atoms. The number of carbonyl (C=O) groups is 1. The highest BCUT2D eigenvalue weighted by Crippen LogP contribution is 2.27. The van der Waals surface area contributed by atoms with Crippen molar-refractivity contribution in [1.29, 1.82) is 5.26 Å². The van der Waals surface area contributed by atoms with E-state index >= 15 is 0 Å². The molecule has 1 saturated carbocycles. The van der Waals surface area contributed by atoms with Crippen LogP contribution in [0.4, 0.5) is 0 Å². The molecule has 4 heteroatoms. The summed E-state index contributed by atoms with van der Waals surface area (Å²) in [4.78, 5) is 11.4. The van der Waals surface area contributed by atoms with Gasteiger partial charge in [0.05, 0.1) is 19.0 Å². The monoisotopic (exact) mass is 223 g/mol. The fourth-order valence-corrected chi connectivity index (χ4v) is 2.20. The third-order valence-corrected chi connectivity index (χ3v) is 3.25. The molecule has 0 aromatic rings. The molecule has 0 bridgehead atoms. The van der Waals surface area contributed by atoms with E-state index in [1.807, 2.05) is 6.07 Å². The summed E-state index contributed by atoms with van der Waals surface area (Å²) in [5.74, 6) is 0.715. The molecule has 0 heterocycles. The Morgan fingerprint density at radius 2 is 2.19 bits per heavy atom. The van der Waals surface area contributed by atoms with Crippen molar-refractivity contribution >= 4 is 5.91 Å². The summed E-state index contributed by atoms with van der Waals surface area (Å²) in [6, 6.07) is 2.42. The number of carbonyl (C=O) groups excluding carboxylic acids is 1. The zero-order valence-corrected chi connectivity index (χ0v) is 9.96. The molecule has 1 aliphatic carbocycles. The van der Waals surface area contributed by atoms with E-state index in [9.17, 15) is 4.79 Å². The van der Waals surface area contributed by atoms with E-state index in [1.54, 1.807) is 0 Å². The standard InChI is InChI=1S/C12H21N3O/c1-10(11-5-2-3-6-11)15-9-12(16)14-8-4-7-13/h10-11,15H,2-6,8-9H2,1H3,(H,14,16)/t10-/m0/s1. The molecule has 90 valence electrons. The highest BCUT2D eigenvalue weighted by Gasteiger charge is 2.21. The minimum absolute atomic E-state index is 0.0138. The highest BCUT2D eigenvalue weighted by molar-refractivity contribution is 5.77. The third-order valence-electron chi connectivity index (χ3n) is 3.25. The minimum atomic E-state index is -0.0138. The first kappa shape index (κ1) is 13.0. The summed E-state index contributed by atoms with van der Waals surface area (Å²) in [5.41, 5.74) is 0. The fourth-order valence-electron chi connectivity index (χ4n) is 2.20. The molecular weight excluding hydrogens is 202 g/mol. The van der Waals surface area contributed by atoms with Gasteiger partial charge in [0.25, 0.3) is 0 Å². The molecule has 0 aliphatic heterocycles. The first-order chi connectivity index (χ1) is 7.74. The highest BCUT2D eigenvalue weighted by atomic mass is 16.1. The second-order valence-electron chi connectivity index (χ2n) is 4.47. The van der Waals surface area contributed by atoms with Crippen LogP contribution in [0.3, 0.4) is 0 Å². The number of amides is 1. The van der Waals surface area contributed by atoms with Crippen molar-refractivity contribution < 1.29 is 4.79 Å². The van der Waals surface area contributed by atoms with Gasteiger partial charge in [-0.25, -0.2) is 0 Å². The maximum Gasteiger partial charge on any atom is 0.233 e. The third kappa shape index (κ3) is 4.63. The van der Waals surface area contributed by atoms with Crippen LogP contribution in [-0.2, 0) is 4.79 Å². The van der Waals surface area contributed by atoms with E-state index in [0.717, 1.165) is 5.92 Å². The molecule has 0 unspecified atom stereocenters. The molecule has 0 radical (unpaired) electrons. The van der Waals surface area contributed by atoms with Crippen LogP contribution >= 0.6 is 0 Å². The van der Waals surface area contributed by atoms with Crippen LogP contribution in [0, 0.1) is 17.2 Å². The van der Waals surface area contributed by atoms with Crippen molar-refractivity contribution in [2.24, 2.45) is 5.92 Å². The molecule has 2 N–H and O–H groups in total. The van der Waals surface area contributed by atoms with Gasteiger partial charge in [-0.2, -0.15) is 5.26 Å². The fraction of sp³-hybridized carbons (Fsp3) is 0.833. The number of nitriles is 1. The molecular formula is C12H21N3O. The predicted molar refractivity (Wildman–Crippen MR) is 62.7 cm³/mol. The van der Waals surface area contributed by atoms with Crippen molar-refractivity contribution in [3.63, 3.8) is 0 Å². The SMILES string of the molecule is C[C@H](NCC(=O)NCCC#N)C1CCCC1. The van der Waals surface area contributed by atoms with Gasteiger partial charge in [-0.1, -0.05) is 12.8 Å². The van der Waals surface area contributed by atoms with E-state index in [2.05, 4.69) is 17.6 Å². The van der Waals surface area contributed by atoms with Gasteiger partial charge < -0.3 is 10.6 Å². The van der Waals surface area contributed by atoms with Crippen LogP contribution in [0.5, 0.6) is 0 Å². The molecule has 0 saturated heterocycles. The number of nitrogens with zero attached hydrogens (tertiary/aromatic N) is 1. The lowest BCUT2D eigenvalue weighted by Gasteiger charge is -2.19. The van der Waals surface area contributed by atoms with Crippen LogP contribution in [0.1, 0.15) is 39.0 Å². The van der Waals surface area contributed by atoms with Gasteiger partial charge in [-0.15, -0.1) is 0 Å². The zero-order chi connectivity index (χ0) is 11.8. The molecule has 1 rings (SSSR count). The second kappa shape index (κ2) is 7.24. The first-order valence-corrected chi connectivity index (χ1v) is 6.11. The van der Waals surface area contributed by atoms with E-state index in [0.29, 0.717) is 25.6 Å². The van der Waals surface area contributed by atoms with Gasteiger partial charge in [0, 0.05) is 12.6 Å². The van der Waals surface area contributed by atoms with E-state index in [4.69, 9.17) is 5.26 Å². The number of rotatable bonds is 6. The lowest BCUT2D eigenvalue weighted by molar-refractivity contribution is -0.120. The molecule has 0 aromatic heterocycles. The lowest BCUT2D eigenvalue weighted by atomic mass is 10.00. The van der Waals surface area contributed by atoms with Gasteiger partial charge in [-0.3, -0.25) is 4.79 Å². The minimum Gasteiger partial charge on any atom is -0.354 e. The van der Waals surface area contributed by atoms with Crippen molar-refractivity contribution in [2.75, 3.05) is 13.1 Å². The summed E-state index contributed by atoms with van der Waals surface area (Å²) in [6.07, 6.45) is 5.59. The van der Waals surface area contributed by atoms with Crippen molar-refractivity contribution in [2.45, 2.75) is 45.1 Å². The predicted octanol–water partition coefficient (Wildman–Crippen LogP) is 1.18. The first-order valence-electron chi connectivity index (χ1n) is 6.11. The van der Waals surface area contributed by atoms with Gasteiger partial charge in [0.2, 0.25) is 5.91 Å². The Balaban J connectivity index is 2.08. The maximum atomic E-state index is 11.4. The van der Waals surface area contributed by atoms with Crippen LogP contribution in [0.25, 0.3) is 0 Å². The summed E-state index contributed by atoms with van der Waals surface area (Å²) in [7, 11) is 0. The summed E-state index contributed by atoms with van der Waals surface area (Å²) in [6.45, 7) is 2.97. The Kier molecular flexibility index (Phi) is 5.87. The smallest absolute Gasteiger partial charge is 0.233 e. The molecule has 0 spiro atoms. The molecule has 1 fully saturated rings. The van der Waals surface area contributed by atoms with Gasteiger partial charge >= 0.3 is 0 Å². The topological polar surface area (TPSA) is 64.9 Å². The molecule has 0 aromatic carbocycles. The van der Waals surface area contributed by atoms with Gasteiger partial charge in [-0.05, 0) is 25.7 Å². The van der Waals surface area contributed by atoms with Crippen LogP contribution in [0.15, 0.2) is 0 Å². The largest absolute Gasteiger partial charge is 0.354 e. The van der Waals surface area contributed by atoms with Crippen molar-refractivity contribution in [1.82, 2.24) is 10.6 Å². The Hall–Kier alpha value is -1.08. The summed E-state index contributed by atoms with van der Waals surface area (Å²) in [5, 5.41) is 14.3. The number of hydrogen-bond acceptors (Lipinski definition) is 3.